The first-order valence-electron chi connectivity index (χ1n) is 8.11. The van der Waals surface area contributed by atoms with Crippen molar-refractivity contribution >= 4 is 11.8 Å². The summed E-state index contributed by atoms with van der Waals surface area (Å²) < 4.78 is 0. The van der Waals surface area contributed by atoms with Crippen molar-refractivity contribution in [3.63, 3.8) is 0 Å². The summed E-state index contributed by atoms with van der Waals surface area (Å²) in [6.45, 7) is 10.7. The average molecular weight is 297 g/mol. The minimum absolute atomic E-state index is 0.0101. The van der Waals surface area contributed by atoms with Crippen LogP contribution in [0.2, 0.25) is 0 Å². The summed E-state index contributed by atoms with van der Waals surface area (Å²) in [7, 11) is 2.12. The van der Waals surface area contributed by atoms with E-state index in [1.54, 1.807) is 0 Å². The third-order valence-electron chi connectivity index (χ3n) is 4.24. The van der Waals surface area contributed by atoms with E-state index in [1.165, 1.54) is 0 Å². The summed E-state index contributed by atoms with van der Waals surface area (Å²) in [5, 5.41) is 2.84. The average Bonchev–Trinajstić information content (AvgIpc) is 2.55. The number of nitrogens with zero attached hydrogens (tertiary/aromatic N) is 2. The molecular formula is C16H31N3O2. The van der Waals surface area contributed by atoms with Gasteiger partial charge in [0.25, 0.3) is 0 Å². The first-order valence-corrected chi connectivity index (χ1v) is 8.11. The Kier molecular flexibility index (Phi) is 7.15. The highest BCUT2D eigenvalue weighted by Crippen LogP contribution is 2.12. The summed E-state index contributed by atoms with van der Waals surface area (Å²) >= 11 is 0. The molecule has 0 saturated carbocycles. The lowest BCUT2D eigenvalue weighted by Crippen LogP contribution is -2.48. The van der Waals surface area contributed by atoms with Gasteiger partial charge in [0.05, 0.1) is 0 Å². The van der Waals surface area contributed by atoms with Crippen LogP contribution in [0.15, 0.2) is 0 Å². The van der Waals surface area contributed by atoms with Crippen molar-refractivity contribution in [2.45, 2.75) is 59.0 Å². The summed E-state index contributed by atoms with van der Waals surface area (Å²) in [5.74, 6) is 0.200. The maximum absolute atomic E-state index is 12.5. The van der Waals surface area contributed by atoms with E-state index < -0.39 is 0 Å². The van der Waals surface area contributed by atoms with Crippen molar-refractivity contribution in [2.75, 3.05) is 26.7 Å². The van der Waals surface area contributed by atoms with E-state index in [9.17, 15) is 9.59 Å². The second-order valence-corrected chi connectivity index (χ2v) is 6.65. The lowest BCUT2D eigenvalue weighted by molar-refractivity contribution is -0.134. The standard InChI is InChI=1S/C16H31N3O2/c1-12(2)15-16(21)19(11-8-14(20)17-15)10-7-6-9-18(5)13(3)4/h12-13,15H,6-11H2,1-5H3,(H,17,20). The molecule has 1 heterocycles. The molecule has 1 unspecified atom stereocenters. The van der Waals surface area contributed by atoms with Gasteiger partial charge in [0.1, 0.15) is 6.04 Å². The smallest absolute Gasteiger partial charge is 0.245 e. The fourth-order valence-electron chi connectivity index (χ4n) is 2.45. The zero-order valence-corrected chi connectivity index (χ0v) is 14.2. The maximum Gasteiger partial charge on any atom is 0.245 e. The van der Waals surface area contributed by atoms with E-state index in [1.807, 2.05) is 18.7 Å². The molecule has 0 radical (unpaired) electrons. The van der Waals surface area contributed by atoms with Crippen LogP contribution in [0.25, 0.3) is 0 Å². The van der Waals surface area contributed by atoms with Gasteiger partial charge in [-0.25, -0.2) is 0 Å². The van der Waals surface area contributed by atoms with E-state index in [2.05, 4.69) is 31.1 Å². The van der Waals surface area contributed by atoms with Crippen molar-refractivity contribution in [2.24, 2.45) is 5.92 Å². The van der Waals surface area contributed by atoms with Crippen molar-refractivity contribution in [1.82, 2.24) is 15.1 Å². The predicted molar refractivity (Wildman–Crippen MR) is 85.0 cm³/mol. The van der Waals surface area contributed by atoms with Gasteiger partial charge in [-0.1, -0.05) is 13.8 Å². The quantitative estimate of drug-likeness (QED) is 0.724. The number of nitrogens with one attached hydrogen (secondary N) is 1. The van der Waals surface area contributed by atoms with Crippen molar-refractivity contribution in [1.29, 1.82) is 0 Å². The van der Waals surface area contributed by atoms with Gasteiger partial charge in [0.2, 0.25) is 11.8 Å². The molecule has 5 nitrogen and oxygen atoms in total. The van der Waals surface area contributed by atoms with Gasteiger partial charge in [0, 0.05) is 25.6 Å². The molecule has 0 aromatic heterocycles. The van der Waals surface area contributed by atoms with Crippen molar-refractivity contribution < 1.29 is 9.59 Å². The molecule has 0 aliphatic carbocycles. The van der Waals surface area contributed by atoms with Crippen LogP contribution in [0.4, 0.5) is 0 Å². The van der Waals surface area contributed by atoms with E-state index in [0.29, 0.717) is 19.0 Å². The van der Waals surface area contributed by atoms with Gasteiger partial charge in [0.15, 0.2) is 0 Å². The molecule has 0 bridgehead atoms. The highest BCUT2D eigenvalue weighted by molar-refractivity contribution is 5.90. The Bertz CT molecular complexity index is 355. The minimum Gasteiger partial charge on any atom is -0.344 e. The molecule has 5 heteroatoms. The van der Waals surface area contributed by atoms with E-state index in [-0.39, 0.29) is 23.8 Å². The predicted octanol–water partition coefficient (Wildman–Crippen LogP) is 1.48. The van der Waals surface area contributed by atoms with E-state index in [0.717, 1.165) is 25.9 Å². The number of carbonyl (C=O) groups excluding carboxylic acids is 2. The van der Waals surface area contributed by atoms with Crippen LogP contribution in [0, 0.1) is 5.92 Å². The number of rotatable bonds is 7. The summed E-state index contributed by atoms with van der Waals surface area (Å²) in [6.07, 6.45) is 2.48. The SMILES string of the molecule is CC(C)C1NC(=O)CCN(CCCCN(C)C(C)C)C1=O. The zero-order valence-electron chi connectivity index (χ0n) is 14.2. The molecule has 1 aliphatic rings. The molecule has 0 spiro atoms. The van der Waals surface area contributed by atoms with Crippen LogP contribution in [0.1, 0.15) is 47.0 Å². The fourth-order valence-corrected chi connectivity index (χ4v) is 2.45. The number of amides is 2. The van der Waals surface area contributed by atoms with Crippen LogP contribution >= 0.6 is 0 Å². The Morgan fingerprint density at radius 3 is 2.48 bits per heavy atom. The monoisotopic (exact) mass is 297 g/mol. The molecule has 1 aliphatic heterocycles. The number of hydrogen-bond acceptors (Lipinski definition) is 3. The molecule has 1 fully saturated rings. The van der Waals surface area contributed by atoms with Crippen LogP contribution in [-0.2, 0) is 9.59 Å². The molecule has 122 valence electrons. The van der Waals surface area contributed by atoms with Gasteiger partial charge in [-0.05, 0) is 46.2 Å². The Hall–Kier alpha value is -1.10. The summed E-state index contributed by atoms with van der Waals surface area (Å²) in [6, 6.07) is 0.190. The molecule has 2 amide bonds. The Labute approximate surface area is 129 Å². The largest absolute Gasteiger partial charge is 0.344 e. The lowest BCUT2D eigenvalue weighted by Gasteiger charge is -2.26. The summed E-state index contributed by atoms with van der Waals surface area (Å²) in [4.78, 5) is 28.3. The highest BCUT2D eigenvalue weighted by Gasteiger charge is 2.31. The third kappa shape index (κ3) is 5.65. The summed E-state index contributed by atoms with van der Waals surface area (Å²) in [5.41, 5.74) is 0. The molecule has 1 saturated heterocycles. The maximum atomic E-state index is 12.5. The molecule has 21 heavy (non-hydrogen) atoms. The van der Waals surface area contributed by atoms with Gasteiger partial charge >= 0.3 is 0 Å². The molecule has 0 aromatic rings. The van der Waals surface area contributed by atoms with Gasteiger partial charge in [-0.2, -0.15) is 0 Å². The number of carbonyl (C=O) groups is 2. The van der Waals surface area contributed by atoms with Crippen LogP contribution in [-0.4, -0.2) is 60.4 Å². The van der Waals surface area contributed by atoms with Crippen molar-refractivity contribution in [3.8, 4) is 0 Å². The highest BCUT2D eigenvalue weighted by atomic mass is 16.2. The number of hydrogen-bond donors (Lipinski definition) is 1. The third-order valence-corrected chi connectivity index (χ3v) is 4.24. The normalized spacial score (nSPS) is 20.4. The first kappa shape index (κ1) is 18.0. The van der Waals surface area contributed by atoms with Gasteiger partial charge < -0.3 is 15.1 Å². The van der Waals surface area contributed by atoms with E-state index >= 15 is 0 Å². The van der Waals surface area contributed by atoms with Crippen molar-refractivity contribution in [3.05, 3.63) is 0 Å². The molecule has 1 N–H and O–H groups in total. The molecule has 1 rings (SSSR count). The van der Waals surface area contributed by atoms with E-state index in [4.69, 9.17) is 0 Å². The van der Waals surface area contributed by atoms with Gasteiger partial charge in [-0.15, -0.1) is 0 Å². The Morgan fingerprint density at radius 1 is 1.24 bits per heavy atom. The van der Waals surface area contributed by atoms with Crippen LogP contribution in [0.5, 0.6) is 0 Å². The second kappa shape index (κ2) is 8.37. The Morgan fingerprint density at radius 2 is 1.90 bits per heavy atom. The lowest BCUT2D eigenvalue weighted by atomic mass is 10.0. The number of unbranched alkanes of at least 4 members (excludes halogenated alkanes) is 1. The molecular weight excluding hydrogens is 266 g/mol. The first-order chi connectivity index (χ1) is 9.82. The molecule has 0 aromatic carbocycles. The Balaban J connectivity index is 2.45. The van der Waals surface area contributed by atoms with Crippen LogP contribution < -0.4 is 5.32 Å². The fraction of sp³-hybridized carbons (Fsp3) is 0.875. The van der Waals surface area contributed by atoms with Crippen LogP contribution in [0.3, 0.4) is 0 Å². The molecule has 1 atom stereocenters. The second-order valence-electron chi connectivity index (χ2n) is 6.65. The zero-order chi connectivity index (χ0) is 16.0. The topological polar surface area (TPSA) is 52.7 Å². The minimum atomic E-state index is -0.363. The van der Waals surface area contributed by atoms with Gasteiger partial charge in [-0.3, -0.25) is 9.59 Å².